The van der Waals surface area contributed by atoms with E-state index < -0.39 is 0 Å². The van der Waals surface area contributed by atoms with E-state index in [0.29, 0.717) is 29.8 Å². The Morgan fingerprint density at radius 3 is 2.59 bits per heavy atom. The van der Waals surface area contributed by atoms with Crippen molar-refractivity contribution in [2.45, 2.75) is 52.5 Å². The third-order valence-electron chi connectivity index (χ3n) is 4.09. The minimum Gasteiger partial charge on any atom is -0.339 e. The molecule has 1 saturated heterocycles. The average Bonchev–Trinajstić information content (AvgIpc) is 2.35. The summed E-state index contributed by atoms with van der Waals surface area (Å²) < 4.78 is 0. The fourth-order valence-electron chi connectivity index (χ4n) is 4.02. The summed E-state index contributed by atoms with van der Waals surface area (Å²) in [5, 5.41) is 0. The van der Waals surface area contributed by atoms with Gasteiger partial charge in [-0.15, -0.1) is 12.4 Å². The monoisotopic (exact) mass is 260 g/mol. The number of carbonyl (C=O) groups excluding carboxylic acids is 1. The lowest BCUT2D eigenvalue weighted by Crippen LogP contribution is -2.38. The molecule has 2 atom stereocenters. The van der Waals surface area contributed by atoms with Gasteiger partial charge in [-0.2, -0.15) is 0 Å². The average molecular weight is 261 g/mol. The van der Waals surface area contributed by atoms with Crippen LogP contribution in [0.25, 0.3) is 0 Å². The fraction of sp³-hybridized carbons (Fsp3) is 0.923. The van der Waals surface area contributed by atoms with Crippen LogP contribution in [0.1, 0.15) is 46.5 Å². The number of carbonyl (C=O) groups is 1. The molecule has 0 aromatic heterocycles. The summed E-state index contributed by atoms with van der Waals surface area (Å²) >= 11 is 0. The normalized spacial score (nSPS) is 34.4. The Hall–Kier alpha value is -0.280. The maximum Gasteiger partial charge on any atom is 0.224 e. The van der Waals surface area contributed by atoms with Crippen molar-refractivity contribution in [1.82, 2.24) is 4.90 Å². The van der Waals surface area contributed by atoms with Crippen LogP contribution in [0.4, 0.5) is 0 Å². The van der Waals surface area contributed by atoms with Gasteiger partial charge in [-0.1, -0.05) is 20.8 Å². The summed E-state index contributed by atoms with van der Waals surface area (Å²) in [6.45, 7) is 8.40. The molecule has 2 aliphatic rings. The minimum atomic E-state index is 0. The Labute approximate surface area is 111 Å². The van der Waals surface area contributed by atoms with Gasteiger partial charge >= 0.3 is 0 Å². The van der Waals surface area contributed by atoms with Gasteiger partial charge in [0.2, 0.25) is 5.91 Å². The van der Waals surface area contributed by atoms with Crippen molar-refractivity contribution in [3.8, 4) is 0 Å². The number of rotatable bonds is 2. The zero-order valence-corrected chi connectivity index (χ0v) is 12.0. The number of likely N-dealkylation sites (tertiary alicyclic amines) is 1. The topological polar surface area (TPSA) is 46.3 Å². The van der Waals surface area contributed by atoms with Gasteiger partial charge in [0.05, 0.1) is 0 Å². The molecule has 2 rings (SSSR count). The molecule has 2 fully saturated rings. The largest absolute Gasteiger partial charge is 0.339 e. The van der Waals surface area contributed by atoms with Crippen LogP contribution in [0.3, 0.4) is 0 Å². The zero-order valence-electron chi connectivity index (χ0n) is 11.2. The Morgan fingerprint density at radius 2 is 2.00 bits per heavy atom. The van der Waals surface area contributed by atoms with E-state index in [1.54, 1.807) is 0 Å². The predicted octanol–water partition coefficient (Wildman–Crippen LogP) is 2.18. The lowest BCUT2D eigenvalue weighted by molar-refractivity contribution is -0.132. The minimum absolute atomic E-state index is 0. The van der Waals surface area contributed by atoms with Gasteiger partial charge in [0, 0.05) is 25.6 Å². The summed E-state index contributed by atoms with van der Waals surface area (Å²) in [6, 6.07) is 0.466. The van der Waals surface area contributed by atoms with Crippen molar-refractivity contribution in [2.75, 3.05) is 13.1 Å². The van der Waals surface area contributed by atoms with Crippen LogP contribution < -0.4 is 5.73 Å². The SMILES string of the molecule is CC1(C)CC2CC(C)(CN2C(=O)CCN)C1.Cl. The van der Waals surface area contributed by atoms with Gasteiger partial charge in [-0.05, 0) is 30.1 Å². The maximum atomic E-state index is 12.0. The molecule has 1 aliphatic carbocycles. The van der Waals surface area contributed by atoms with Gasteiger partial charge in [-0.25, -0.2) is 0 Å². The molecule has 1 aliphatic heterocycles. The van der Waals surface area contributed by atoms with Crippen molar-refractivity contribution in [3.63, 3.8) is 0 Å². The van der Waals surface area contributed by atoms with Crippen molar-refractivity contribution in [3.05, 3.63) is 0 Å². The van der Waals surface area contributed by atoms with E-state index in [1.165, 1.54) is 12.8 Å². The summed E-state index contributed by atoms with van der Waals surface area (Å²) in [7, 11) is 0. The van der Waals surface area contributed by atoms with Gasteiger partial charge in [-0.3, -0.25) is 4.79 Å². The van der Waals surface area contributed by atoms with Crippen molar-refractivity contribution in [2.24, 2.45) is 16.6 Å². The van der Waals surface area contributed by atoms with Crippen LogP contribution in [-0.2, 0) is 4.79 Å². The molecule has 1 amide bonds. The molecule has 2 bridgehead atoms. The number of hydrogen-bond donors (Lipinski definition) is 1. The fourth-order valence-corrected chi connectivity index (χ4v) is 4.02. The zero-order chi connectivity index (χ0) is 12.0. The first-order valence-corrected chi connectivity index (χ1v) is 6.35. The molecule has 1 heterocycles. The van der Waals surface area contributed by atoms with Crippen LogP contribution in [0.2, 0.25) is 0 Å². The van der Waals surface area contributed by atoms with Gasteiger partial charge in [0.25, 0.3) is 0 Å². The van der Waals surface area contributed by atoms with E-state index in [0.717, 1.165) is 13.0 Å². The first kappa shape index (κ1) is 14.8. The molecular weight excluding hydrogens is 236 g/mol. The number of nitrogens with two attached hydrogens (primary N) is 1. The van der Waals surface area contributed by atoms with Crippen LogP contribution in [0, 0.1) is 10.8 Å². The third-order valence-corrected chi connectivity index (χ3v) is 4.09. The number of amides is 1. The van der Waals surface area contributed by atoms with E-state index in [-0.39, 0.29) is 18.3 Å². The van der Waals surface area contributed by atoms with Crippen LogP contribution >= 0.6 is 12.4 Å². The van der Waals surface area contributed by atoms with E-state index in [1.807, 2.05) is 0 Å². The molecule has 0 aromatic rings. The predicted molar refractivity (Wildman–Crippen MR) is 72.2 cm³/mol. The second-order valence-electron chi connectivity index (χ2n) is 6.77. The molecule has 3 nitrogen and oxygen atoms in total. The van der Waals surface area contributed by atoms with E-state index >= 15 is 0 Å². The van der Waals surface area contributed by atoms with Crippen molar-refractivity contribution in [1.29, 1.82) is 0 Å². The Bertz CT molecular complexity index is 306. The maximum absolute atomic E-state index is 12.0. The summed E-state index contributed by atoms with van der Waals surface area (Å²) in [4.78, 5) is 14.1. The first-order valence-electron chi connectivity index (χ1n) is 6.35. The molecule has 0 spiro atoms. The Morgan fingerprint density at radius 1 is 1.35 bits per heavy atom. The highest BCUT2D eigenvalue weighted by atomic mass is 35.5. The quantitative estimate of drug-likeness (QED) is 0.827. The molecule has 17 heavy (non-hydrogen) atoms. The van der Waals surface area contributed by atoms with E-state index in [9.17, 15) is 4.79 Å². The second-order valence-corrected chi connectivity index (χ2v) is 6.77. The van der Waals surface area contributed by atoms with Gasteiger partial charge < -0.3 is 10.6 Å². The van der Waals surface area contributed by atoms with Crippen molar-refractivity contribution >= 4 is 18.3 Å². The molecule has 0 radical (unpaired) electrons. The second kappa shape index (κ2) is 4.77. The molecule has 2 N–H and O–H groups in total. The molecule has 0 aromatic carbocycles. The van der Waals surface area contributed by atoms with Crippen LogP contribution in [0.15, 0.2) is 0 Å². The number of nitrogens with zero attached hydrogens (tertiary/aromatic N) is 1. The Balaban J connectivity index is 0.00000144. The smallest absolute Gasteiger partial charge is 0.224 e. The van der Waals surface area contributed by atoms with Crippen LogP contribution in [0.5, 0.6) is 0 Å². The summed E-state index contributed by atoms with van der Waals surface area (Å²) in [5.74, 6) is 0.258. The summed E-state index contributed by atoms with van der Waals surface area (Å²) in [5.41, 5.74) is 6.20. The number of hydrogen-bond acceptors (Lipinski definition) is 2. The molecular formula is C13H25ClN2O. The highest BCUT2D eigenvalue weighted by Gasteiger charge is 2.50. The molecule has 1 saturated carbocycles. The van der Waals surface area contributed by atoms with Crippen molar-refractivity contribution < 1.29 is 4.79 Å². The molecule has 100 valence electrons. The standard InChI is InChI=1S/C13H24N2O.ClH/c1-12(2)6-10-7-13(3,8-12)9-15(10)11(16)4-5-14;/h10H,4-9,14H2,1-3H3;1H. The third kappa shape index (κ3) is 2.94. The lowest BCUT2D eigenvalue weighted by atomic mass is 9.65. The number of fused-ring (bicyclic) bond motifs is 2. The van der Waals surface area contributed by atoms with E-state index in [2.05, 4.69) is 25.7 Å². The van der Waals surface area contributed by atoms with Crippen LogP contribution in [-0.4, -0.2) is 29.9 Å². The van der Waals surface area contributed by atoms with E-state index in [4.69, 9.17) is 5.73 Å². The van der Waals surface area contributed by atoms with Gasteiger partial charge in [0.1, 0.15) is 0 Å². The Kier molecular flexibility index (Phi) is 4.15. The lowest BCUT2D eigenvalue weighted by Gasteiger charge is -2.39. The van der Waals surface area contributed by atoms with Gasteiger partial charge in [0.15, 0.2) is 0 Å². The molecule has 2 unspecified atom stereocenters. The summed E-state index contributed by atoms with van der Waals surface area (Å²) in [6.07, 6.45) is 4.08. The number of halogens is 1. The highest BCUT2D eigenvalue weighted by molar-refractivity contribution is 5.85. The molecule has 4 heteroatoms. The first-order chi connectivity index (χ1) is 7.35. The highest BCUT2D eigenvalue weighted by Crippen LogP contribution is 2.52.